The van der Waals surface area contributed by atoms with Gasteiger partial charge in [-0.3, -0.25) is 10.1 Å². The number of nitro benzene ring substituents is 1. The number of hydrogen-bond donors (Lipinski definition) is 1. The van der Waals surface area contributed by atoms with Gasteiger partial charge in [-0.1, -0.05) is 18.2 Å². The molecular formula is C18H22N4O4S. The highest BCUT2D eigenvalue weighted by Crippen LogP contribution is 2.27. The van der Waals surface area contributed by atoms with Gasteiger partial charge in [0.15, 0.2) is 4.90 Å². The lowest BCUT2D eigenvalue weighted by Crippen LogP contribution is -2.30. The number of rotatable bonds is 6. The number of piperidine rings is 1. The summed E-state index contributed by atoms with van der Waals surface area (Å²) in [5.41, 5.74) is 0.590. The number of hydrogen-bond acceptors (Lipinski definition) is 6. The summed E-state index contributed by atoms with van der Waals surface area (Å²) in [7, 11) is -4.03. The molecule has 0 unspecified atom stereocenters. The molecule has 1 aliphatic heterocycles. The summed E-state index contributed by atoms with van der Waals surface area (Å²) in [6.07, 6.45) is 5.18. The zero-order valence-electron chi connectivity index (χ0n) is 15.1. The van der Waals surface area contributed by atoms with Gasteiger partial charge < -0.3 is 4.90 Å². The summed E-state index contributed by atoms with van der Waals surface area (Å²) >= 11 is 0. The third-order valence-corrected chi connectivity index (χ3v) is 6.20. The van der Waals surface area contributed by atoms with E-state index in [2.05, 4.69) is 14.6 Å². The number of anilines is 1. The highest BCUT2D eigenvalue weighted by molar-refractivity contribution is 7.89. The van der Waals surface area contributed by atoms with Crippen molar-refractivity contribution in [3.05, 3.63) is 57.8 Å². The second kappa shape index (κ2) is 8.01. The Morgan fingerprint density at radius 3 is 2.56 bits per heavy atom. The van der Waals surface area contributed by atoms with Gasteiger partial charge in [0.05, 0.1) is 4.92 Å². The van der Waals surface area contributed by atoms with Crippen LogP contribution in [0.15, 0.2) is 41.4 Å². The predicted molar refractivity (Wildman–Crippen MR) is 102 cm³/mol. The first kappa shape index (κ1) is 19.2. The van der Waals surface area contributed by atoms with Crippen LogP contribution in [0, 0.1) is 17.0 Å². The Balaban J connectivity index is 1.73. The van der Waals surface area contributed by atoms with Crippen LogP contribution in [0.5, 0.6) is 0 Å². The minimum atomic E-state index is -4.03. The molecule has 0 atom stereocenters. The molecule has 1 aliphatic rings. The lowest BCUT2D eigenvalue weighted by Gasteiger charge is -2.27. The van der Waals surface area contributed by atoms with Crippen molar-refractivity contribution in [2.45, 2.75) is 37.6 Å². The number of aromatic nitrogens is 1. The maximum Gasteiger partial charge on any atom is 0.289 e. The number of sulfonamides is 1. The molecule has 27 heavy (non-hydrogen) atoms. The van der Waals surface area contributed by atoms with Gasteiger partial charge >= 0.3 is 0 Å². The quantitative estimate of drug-likeness (QED) is 0.601. The van der Waals surface area contributed by atoms with Gasteiger partial charge in [0.2, 0.25) is 10.0 Å². The Labute approximate surface area is 158 Å². The van der Waals surface area contributed by atoms with Crippen molar-refractivity contribution in [2.75, 3.05) is 18.0 Å². The van der Waals surface area contributed by atoms with E-state index in [-0.39, 0.29) is 11.4 Å². The largest absolute Gasteiger partial charge is 0.357 e. The number of nitrogens with zero attached hydrogens (tertiary/aromatic N) is 3. The van der Waals surface area contributed by atoms with Crippen LogP contribution in [0.1, 0.15) is 30.4 Å². The van der Waals surface area contributed by atoms with E-state index in [1.807, 2.05) is 12.1 Å². The van der Waals surface area contributed by atoms with Crippen molar-refractivity contribution in [1.29, 1.82) is 0 Å². The third kappa shape index (κ3) is 4.42. The Morgan fingerprint density at radius 2 is 1.93 bits per heavy atom. The van der Waals surface area contributed by atoms with Crippen LogP contribution in [-0.4, -0.2) is 31.4 Å². The first-order valence-electron chi connectivity index (χ1n) is 8.82. The predicted octanol–water partition coefficient (Wildman–Crippen LogP) is 2.77. The second-order valence-corrected chi connectivity index (χ2v) is 8.28. The minimum absolute atomic E-state index is 0.0150. The lowest BCUT2D eigenvalue weighted by molar-refractivity contribution is -0.387. The average Bonchev–Trinajstić information content (AvgIpc) is 2.67. The number of aryl methyl sites for hydroxylation is 1. The fourth-order valence-electron chi connectivity index (χ4n) is 3.21. The molecule has 0 radical (unpaired) electrons. The van der Waals surface area contributed by atoms with Crippen molar-refractivity contribution in [1.82, 2.24) is 9.71 Å². The van der Waals surface area contributed by atoms with E-state index in [1.54, 1.807) is 6.20 Å². The molecule has 1 fully saturated rings. The minimum Gasteiger partial charge on any atom is -0.357 e. The molecule has 1 aromatic heterocycles. The normalized spacial score (nSPS) is 14.9. The number of benzene rings is 1. The van der Waals surface area contributed by atoms with Crippen LogP contribution in [0.25, 0.3) is 0 Å². The summed E-state index contributed by atoms with van der Waals surface area (Å²) in [6.45, 7) is 3.52. The monoisotopic (exact) mass is 390 g/mol. The van der Waals surface area contributed by atoms with Crippen molar-refractivity contribution >= 4 is 21.5 Å². The van der Waals surface area contributed by atoms with Gasteiger partial charge in [-0.15, -0.1) is 0 Å². The van der Waals surface area contributed by atoms with Gasteiger partial charge in [-0.25, -0.2) is 18.1 Å². The van der Waals surface area contributed by atoms with Crippen molar-refractivity contribution in [2.24, 2.45) is 0 Å². The zero-order chi connectivity index (χ0) is 19.4. The van der Waals surface area contributed by atoms with Crippen molar-refractivity contribution in [3.63, 3.8) is 0 Å². The highest BCUT2D eigenvalue weighted by atomic mass is 32.2. The first-order chi connectivity index (χ1) is 12.9. The molecule has 1 saturated heterocycles. The number of nitrogens with one attached hydrogen (secondary N) is 1. The van der Waals surface area contributed by atoms with Crippen molar-refractivity contribution in [3.8, 4) is 0 Å². The molecule has 2 aromatic rings. The fraction of sp³-hybridized carbons (Fsp3) is 0.389. The number of nitro groups is 1. The number of pyridine rings is 1. The SMILES string of the molecule is Cc1cccc([N+](=O)[O-])c1S(=O)(=O)NCc1ccc(N2CCCCC2)nc1. The van der Waals surface area contributed by atoms with E-state index in [1.165, 1.54) is 31.5 Å². The van der Waals surface area contributed by atoms with Gasteiger partial charge in [0, 0.05) is 31.9 Å². The lowest BCUT2D eigenvalue weighted by atomic mass is 10.1. The molecule has 144 valence electrons. The van der Waals surface area contributed by atoms with E-state index in [9.17, 15) is 18.5 Å². The molecule has 0 bridgehead atoms. The van der Waals surface area contributed by atoms with E-state index in [0.29, 0.717) is 11.1 Å². The molecule has 0 spiro atoms. The molecule has 3 rings (SSSR count). The van der Waals surface area contributed by atoms with Crippen molar-refractivity contribution < 1.29 is 13.3 Å². The highest BCUT2D eigenvalue weighted by Gasteiger charge is 2.27. The molecule has 1 N–H and O–H groups in total. The van der Waals surface area contributed by atoms with Gasteiger partial charge in [-0.2, -0.15) is 0 Å². The Kier molecular flexibility index (Phi) is 5.71. The van der Waals surface area contributed by atoms with Gasteiger partial charge in [0.1, 0.15) is 5.82 Å². The molecular weight excluding hydrogens is 368 g/mol. The summed E-state index contributed by atoms with van der Waals surface area (Å²) in [5.74, 6) is 0.885. The van der Waals surface area contributed by atoms with Crippen LogP contribution in [0.2, 0.25) is 0 Å². The summed E-state index contributed by atoms with van der Waals surface area (Å²) in [5, 5.41) is 11.2. The molecule has 0 saturated carbocycles. The topological polar surface area (TPSA) is 105 Å². The Bertz CT molecular complexity index is 923. The smallest absolute Gasteiger partial charge is 0.289 e. The Morgan fingerprint density at radius 1 is 1.19 bits per heavy atom. The zero-order valence-corrected chi connectivity index (χ0v) is 15.9. The maximum atomic E-state index is 12.6. The molecule has 0 amide bonds. The molecule has 8 nitrogen and oxygen atoms in total. The van der Waals surface area contributed by atoms with E-state index < -0.39 is 20.6 Å². The van der Waals surface area contributed by atoms with Crippen LogP contribution < -0.4 is 9.62 Å². The standard InChI is InChI=1S/C18H22N4O4S/c1-14-6-5-7-16(22(23)24)18(14)27(25,26)20-13-15-8-9-17(19-12-15)21-10-3-2-4-11-21/h5-9,12,20H,2-4,10-11,13H2,1H3. The molecule has 9 heteroatoms. The summed E-state index contributed by atoms with van der Waals surface area (Å²) < 4.78 is 27.7. The van der Waals surface area contributed by atoms with E-state index in [4.69, 9.17) is 0 Å². The first-order valence-corrected chi connectivity index (χ1v) is 10.3. The maximum absolute atomic E-state index is 12.6. The summed E-state index contributed by atoms with van der Waals surface area (Å²) in [6, 6.07) is 7.90. The van der Waals surface area contributed by atoms with Crippen LogP contribution >= 0.6 is 0 Å². The van der Waals surface area contributed by atoms with Crippen LogP contribution in [-0.2, 0) is 16.6 Å². The van der Waals surface area contributed by atoms with E-state index in [0.717, 1.165) is 31.7 Å². The molecule has 2 heterocycles. The van der Waals surface area contributed by atoms with Crippen LogP contribution in [0.4, 0.5) is 11.5 Å². The Hall–Kier alpha value is -2.52. The average molecular weight is 390 g/mol. The molecule has 0 aliphatic carbocycles. The fourth-order valence-corrected chi connectivity index (χ4v) is 4.62. The molecule has 1 aromatic carbocycles. The van der Waals surface area contributed by atoms with Crippen LogP contribution in [0.3, 0.4) is 0 Å². The van der Waals surface area contributed by atoms with Gasteiger partial charge in [-0.05, 0) is 43.4 Å². The second-order valence-electron chi connectivity index (χ2n) is 6.58. The third-order valence-electron chi connectivity index (χ3n) is 4.61. The van der Waals surface area contributed by atoms with E-state index >= 15 is 0 Å². The van der Waals surface area contributed by atoms with Gasteiger partial charge in [0.25, 0.3) is 5.69 Å². The summed E-state index contributed by atoms with van der Waals surface area (Å²) in [4.78, 5) is 16.8.